The minimum Gasteiger partial charge on any atom is -0.398 e. The van der Waals surface area contributed by atoms with Crippen LogP contribution in [-0.4, -0.2) is 33.4 Å². The van der Waals surface area contributed by atoms with Gasteiger partial charge in [-0.15, -0.1) is 5.10 Å². The van der Waals surface area contributed by atoms with Crippen LogP contribution in [0, 0.1) is 12.8 Å². The lowest BCUT2D eigenvalue weighted by atomic mass is 10.1. The molecule has 6 nitrogen and oxygen atoms in total. The summed E-state index contributed by atoms with van der Waals surface area (Å²) in [7, 11) is 0. The van der Waals surface area contributed by atoms with E-state index in [1.807, 2.05) is 25.1 Å². The SMILES string of the molecule is Cc1cccc(-c2nnnn2CCOCC(C)C)c1N. The lowest BCUT2D eigenvalue weighted by molar-refractivity contribution is 0.101. The van der Waals surface area contributed by atoms with Gasteiger partial charge in [-0.05, 0) is 34.9 Å². The average molecular weight is 275 g/mol. The van der Waals surface area contributed by atoms with E-state index in [0.29, 0.717) is 30.6 Å². The highest BCUT2D eigenvalue weighted by Crippen LogP contribution is 2.25. The quantitative estimate of drug-likeness (QED) is 0.643. The predicted molar refractivity (Wildman–Crippen MR) is 78.1 cm³/mol. The molecule has 20 heavy (non-hydrogen) atoms. The van der Waals surface area contributed by atoms with Crippen molar-refractivity contribution in [2.45, 2.75) is 27.3 Å². The monoisotopic (exact) mass is 275 g/mol. The molecule has 0 saturated carbocycles. The second-order valence-corrected chi connectivity index (χ2v) is 5.23. The summed E-state index contributed by atoms with van der Waals surface area (Å²) < 4.78 is 7.29. The van der Waals surface area contributed by atoms with Crippen molar-refractivity contribution < 1.29 is 4.74 Å². The predicted octanol–water partition coefficient (Wildman–Crippen LogP) is 1.90. The summed E-state index contributed by atoms with van der Waals surface area (Å²) in [6, 6.07) is 5.85. The highest BCUT2D eigenvalue weighted by Gasteiger charge is 2.12. The van der Waals surface area contributed by atoms with E-state index >= 15 is 0 Å². The van der Waals surface area contributed by atoms with Gasteiger partial charge in [0.05, 0.1) is 13.2 Å². The number of nitrogen functional groups attached to an aromatic ring is 1. The molecule has 0 amide bonds. The van der Waals surface area contributed by atoms with Gasteiger partial charge in [0.15, 0.2) is 5.82 Å². The van der Waals surface area contributed by atoms with Crippen LogP contribution in [-0.2, 0) is 11.3 Å². The molecule has 2 rings (SSSR count). The number of anilines is 1. The number of para-hydroxylation sites is 1. The summed E-state index contributed by atoms with van der Waals surface area (Å²) in [5.41, 5.74) is 8.69. The van der Waals surface area contributed by atoms with Crippen molar-refractivity contribution >= 4 is 5.69 Å². The number of aryl methyl sites for hydroxylation is 1. The number of tetrazole rings is 1. The lowest BCUT2D eigenvalue weighted by Crippen LogP contribution is -2.12. The molecule has 2 aromatic rings. The van der Waals surface area contributed by atoms with Gasteiger partial charge in [0.25, 0.3) is 0 Å². The average Bonchev–Trinajstić information content (AvgIpc) is 2.86. The molecule has 0 spiro atoms. The molecule has 108 valence electrons. The maximum absolute atomic E-state index is 6.10. The first-order chi connectivity index (χ1) is 9.59. The van der Waals surface area contributed by atoms with Gasteiger partial charge in [0.2, 0.25) is 0 Å². The first kappa shape index (κ1) is 14.5. The molecule has 0 aliphatic carbocycles. The Morgan fingerprint density at radius 2 is 2.15 bits per heavy atom. The molecule has 2 N–H and O–H groups in total. The normalized spacial score (nSPS) is 11.2. The number of ether oxygens (including phenoxy) is 1. The lowest BCUT2D eigenvalue weighted by Gasteiger charge is -2.10. The van der Waals surface area contributed by atoms with Crippen molar-refractivity contribution in [1.29, 1.82) is 0 Å². The Bertz CT molecular complexity index is 564. The third kappa shape index (κ3) is 3.33. The molecule has 0 bridgehead atoms. The number of nitrogens with zero attached hydrogens (tertiary/aromatic N) is 4. The van der Waals surface area contributed by atoms with Crippen molar-refractivity contribution in [3.05, 3.63) is 23.8 Å². The Morgan fingerprint density at radius 3 is 2.90 bits per heavy atom. The number of hydrogen-bond donors (Lipinski definition) is 1. The largest absolute Gasteiger partial charge is 0.398 e. The smallest absolute Gasteiger partial charge is 0.184 e. The Kier molecular flexibility index (Phi) is 4.68. The van der Waals surface area contributed by atoms with E-state index in [1.54, 1.807) is 4.68 Å². The highest BCUT2D eigenvalue weighted by atomic mass is 16.5. The van der Waals surface area contributed by atoms with Crippen molar-refractivity contribution in [3.63, 3.8) is 0 Å². The van der Waals surface area contributed by atoms with E-state index in [-0.39, 0.29) is 0 Å². The number of hydrogen-bond acceptors (Lipinski definition) is 5. The molecule has 0 atom stereocenters. The Morgan fingerprint density at radius 1 is 1.35 bits per heavy atom. The fourth-order valence-electron chi connectivity index (χ4n) is 1.89. The molecule has 0 aliphatic rings. The zero-order chi connectivity index (χ0) is 14.5. The minimum atomic E-state index is 0.524. The molecule has 1 aromatic carbocycles. The van der Waals surface area contributed by atoms with E-state index in [1.165, 1.54) is 0 Å². The molecule has 1 heterocycles. The van der Waals surface area contributed by atoms with Crippen LogP contribution in [0.2, 0.25) is 0 Å². The fraction of sp³-hybridized carbons (Fsp3) is 0.500. The molecular weight excluding hydrogens is 254 g/mol. The van der Waals surface area contributed by atoms with E-state index in [4.69, 9.17) is 10.5 Å². The third-order valence-corrected chi connectivity index (χ3v) is 3.00. The van der Waals surface area contributed by atoms with Gasteiger partial charge in [-0.25, -0.2) is 4.68 Å². The first-order valence-electron chi connectivity index (χ1n) is 6.79. The number of rotatable bonds is 6. The number of benzene rings is 1. The third-order valence-electron chi connectivity index (χ3n) is 3.00. The zero-order valence-corrected chi connectivity index (χ0v) is 12.2. The summed E-state index contributed by atoms with van der Waals surface area (Å²) in [6.45, 7) is 8.15. The van der Waals surface area contributed by atoms with Crippen LogP contribution in [0.3, 0.4) is 0 Å². The first-order valence-corrected chi connectivity index (χ1v) is 6.79. The summed E-state index contributed by atoms with van der Waals surface area (Å²) in [4.78, 5) is 0. The summed E-state index contributed by atoms with van der Waals surface area (Å²) in [6.07, 6.45) is 0. The molecule has 0 radical (unpaired) electrons. The van der Waals surface area contributed by atoms with Crippen molar-refractivity contribution in [1.82, 2.24) is 20.2 Å². The fourth-order valence-corrected chi connectivity index (χ4v) is 1.89. The number of aromatic nitrogens is 4. The molecule has 0 aliphatic heterocycles. The van der Waals surface area contributed by atoms with Gasteiger partial charge in [-0.1, -0.05) is 26.0 Å². The summed E-state index contributed by atoms with van der Waals surface area (Å²) >= 11 is 0. The van der Waals surface area contributed by atoms with E-state index in [0.717, 1.165) is 17.7 Å². The van der Waals surface area contributed by atoms with Gasteiger partial charge in [-0.2, -0.15) is 0 Å². The van der Waals surface area contributed by atoms with Crippen LogP contribution in [0.5, 0.6) is 0 Å². The molecule has 0 fully saturated rings. The molecule has 0 saturated heterocycles. The van der Waals surface area contributed by atoms with E-state index < -0.39 is 0 Å². The van der Waals surface area contributed by atoms with Gasteiger partial charge in [0.1, 0.15) is 0 Å². The standard InChI is InChI=1S/C14H21N5O/c1-10(2)9-20-8-7-19-14(16-17-18-19)12-6-4-5-11(3)13(12)15/h4-6,10H,7-9,15H2,1-3H3. The van der Waals surface area contributed by atoms with Crippen LogP contribution in [0.1, 0.15) is 19.4 Å². The second kappa shape index (κ2) is 6.47. The van der Waals surface area contributed by atoms with Gasteiger partial charge < -0.3 is 10.5 Å². The maximum atomic E-state index is 6.10. The van der Waals surface area contributed by atoms with Crippen LogP contribution < -0.4 is 5.73 Å². The Balaban J connectivity index is 2.10. The summed E-state index contributed by atoms with van der Waals surface area (Å²) in [5.74, 6) is 1.20. The molecule has 1 aromatic heterocycles. The molecule has 6 heteroatoms. The van der Waals surface area contributed by atoms with Crippen LogP contribution in [0.15, 0.2) is 18.2 Å². The Labute approximate surface area is 118 Å². The minimum absolute atomic E-state index is 0.524. The van der Waals surface area contributed by atoms with Crippen LogP contribution in [0.25, 0.3) is 11.4 Å². The zero-order valence-electron chi connectivity index (χ0n) is 12.2. The van der Waals surface area contributed by atoms with Crippen molar-refractivity contribution in [3.8, 4) is 11.4 Å². The number of nitrogens with two attached hydrogens (primary N) is 1. The van der Waals surface area contributed by atoms with Gasteiger partial charge >= 0.3 is 0 Å². The van der Waals surface area contributed by atoms with E-state index in [2.05, 4.69) is 29.4 Å². The van der Waals surface area contributed by atoms with Crippen LogP contribution >= 0.6 is 0 Å². The molecular formula is C14H21N5O. The van der Waals surface area contributed by atoms with E-state index in [9.17, 15) is 0 Å². The Hall–Kier alpha value is -1.95. The van der Waals surface area contributed by atoms with Crippen molar-refractivity contribution in [2.24, 2.45) is 5.92 Å². The van der Waals surface area contributed by atoms with Gasteiger partial charge in [-0.3, -0.25) is 0 Å². The summed E-state index contributed by atoms with van der Waals surface area (Å²) in [5, 5.41) is 11.8. The maximum Gasteiger partial charge on any atom is 0.184 e. The second-order valence-electron chi connectivity index (χ2n) is 5.23. The highest BCUT2D eigenvalue weighted by molar-refractivity contribution is 5.73. The van der Waals surface area contributed by atoms with Crippen molar-refractivity contribution in [2.75, 3.05) is 18.9 Å². The van der Waals surface area contributed by atoms with Crippen LogP contribution in [0.4, 0.5) is 5.69 Å². The van der Waals surface area contributed by atoms with Gasteiger partial charge in [0, 0.05) is 17.9 Å². The molecule has 0 unspecified atom stereocenters. The topological polar surface area (TPSA) is 78.8 Å².